The van der Waals surface area contributed by atoms with Crippen molar-refractivity contribution < 1.29 is 14.3 Å². The van der Waals surface area contributed by atoms with E-state index in [9.17, 15) is 4.79 Å². The van der Waals surface area contributed by atoms with E-state index in [4.69, 9.17) is 9.47 Å². The topological polar surface area (TPSA) is 35.5 Å². The fourth-order valence-corrected chi connectivity index (χ4v) is 3.01. The first kappa shape index (κ1) is 17.7. The lowest BCUT2D eigenvalue weighted by Gasteiger charge is -2.10. The molecule has 0 heterocycles. The molecule has 0 radical (unpaired) electrons. The first-order chi connectivity index (χ1) is 12.5. The lowest BCUT2D eigenvalue weighted by Crippen LogP contribution is -2.02. The molecule has 3 nitrogen and oxygen atoms in total. The van der Waals surface area contributed by atoms with Crippen molar-refractivity contribution in [2.24, 2.45) is 0 Å². The molecule has 0 N–H and O–H groups in total. The predicted octanol–water partition coefficient (Wildman–Crippen LogP) is 5.57. The van der Waals surface area contributed by atoms with Crippen LogP contribution in [0, 0.1) is 13.8 Å². The van der Waals surface area contributed by atoms with Gasteiger partial charge in [0, 0.05) is 6.92 Å². The van der Waals surface area contributed by atoms with E-state index in [1.54, 1.807) is 7.11 Å². The highest BCUT2D eigenvalue weighted by atomic mass is 16.5. The molecule has 0 unspecified atom stereocenters. The first-order valence-electron chi connectivity index (χ1n) is 8.52. The third-order valence-electron chi connectivity index (χ3n) is 4.38. The Labute approximate surface area is 154 Å². The van der Waals surface area contributed by atoms with Crippen LogP contribution in [-0.4, -0.2) is 13.1 Å². The average molecular weight is 346 g/mol. The van der Waals surface area contributed by atoms with Crippen LogP contribution < -0.4 is 9.47 Å². The van der Waals surface area contributed by atoms with E-state index in [0.29, 0.717) is 5.75 Å². The van der Waals surface area contributed by atoms with Crippen LogP contribution in [0.5, 0.6) is 11.5 Å². The predicted molar refractivity (Wildman–Crippen MR) is 105 cm³/mol. The molecule has 3 aromatic rings. The summed E-state index contributed by atoms with van der Waals surface area (Å²) in [5, 5.41) is 0. The minimum Gasteiger partial charge on any atom is -0.496 e. The third-order valence-corrected chi connectivity index (χ3v) is 4.38. The van der Waals surface area contributed by atoms with Crippen LogP contribution in [0.25, 0.3) is 22.3 Å². The Morgan fingerprint density at radius 2 is 1.12 bits per heavy atom. The summed E-state index contributed by atoms with van der Waals surface area (Å²) in [5.74, 6) is 1.19. The van der Waals surface area contributed by atoms with Gasteiger partial charge in [0.1, 0.15) is 11.5 Å². The van der Waals surface area contributed by atoms with Gasteiger partial charge < -0.3 is 9.47 Å². The summed E-state index contributed by atoms with van der Waals surface area (Å²) in [6.45, 7) is 5.40. The van der Waals surface area contributed by atoms with Crippen LogP contribution in [0.1, 0.15) is 18.1 Å². The molecule has 0 bridgehead atoms. The summed E-state index contributed by atoms with van der Waals surface area (Å²) in [6.07, 6.45) is 0. The van der Waals surface area contributed by atoms with Gasteiger partial charge in [0.2, 0.25) is 0 Å². The molecule has 0 aliphatic heterocycles. The van der Waals surface area contributed by atoms with Crippen molar-refractivity contribution in [2.45, 2.75) is 20.8 Å². The number of esters is 1. The van der Waals surface area contributed by atoms with Crippen LogP contribution in [0.3, 0.4) is 0 Å². The molecule has 0 atom stereocenters. The van der Waals surface area contributed by atoms with E-state index in [1.807, 2.05) is 38.1 Å². The molecule has 0 fully saturated rings. The second-order valence-electron chi connectivity index (χ2n) is 6.34. The molecular weight excluding hydrogens is 324 g/mol. The summed E-state index contributed by atoms with van der Waals surface area (Å²) in [6, 6.07) is 20.5. The van der Waals surface area contributed by atoms with E-state index in [2.05, 4.69) is 36.4 Å². The highest BCUT2D eigenvalue weighted by molar-refractivity contribution is 5.73. The minimum atomic E-state index is -0.306. The number of rotatable bonds is 4. The molecule has 0 saturated carbocycles. The largest absolute Gasteiger partial charge is 0.496 e. The van der Waals surface area contributed by atoms with Crippen molar-refractivity contribution in [1.29, 1.82) is 0 Å². The third kappa shape index (κ3) is 3.77. The van der Waals surface area contributed by atoms with Gasteiger partial charge >= 0.3 is 5.97 Å². The summed E-state index contributed by atoms with van der Waals surface area (Å²) >= 11 is 0. The smallest absolute Gasteiger partial charge is 0.308 e. The Morgan fingerprint density at radius 1 is 0.692 bits per heavy atom. The summed E-state index contributed by atoms with van der Waals surface area (Å²) in [5.41, 5.74) is 6.59. The fraction of sp³-hybridized carbons (Fsp3) is 0.174. The second-order valence-corrected chi connectivity index (χ2v) is 6.34. The van der Waals surface area contributed by atoms with Crippen LogP contribution in [0.4, 0.5) is 0 Å². The standard InChI is InChI=1S/C23H22O3/c1-15-13-20(9-11-22(15)25-4)18-5-7-19(8-6-18)21-10-12-23(16(2)14-21)26-17(3)24/h5-14H,1-4H3. The molecule has 0 amide bonds. The van der Waals surface area contributed by atoms with Crippen LogP contribution >= 0.6 is 0 Å². The molecule has 0 aliphatic carbocycles. The Bertz CT molecular complexity index is 940. The molecule has 0 aliphatic rings. The average Bonchev–Trinajstić information content (AvgIpc) is 2.63. The highest BCUT2D eigenvalue weighted by Gasteiger charge is 2.07. The zero-order valence-corrected chi connectivity index (χ0v) is 15.5. The number of hydrogen-bond acceptors (Lipinski definition) is 3. The zero-order chi connectivity index (χ0) is 18.7. The Morgan fingerprint density at radius 3 is 1.50 bits per heavy atom. The quantitative estimate of drug-likeness (QED) is 0.457. The normalized spacial score (nSPS) is 10.5. The van der Waals surface area contributed by atoms with Crippen molar-refractivity contribution in [3.8, 4) is 33.8 Å². The van der Waals surface area contributed by atoms with E-state index in [1.165, 1.54) is 6.92 Å². The van der Waals surface area contributed by atoms with Crippen molar-refractivity contribution >= 4 is 5.97 Å². The monoisotopic (exact) mass is 346 g/mol. The zero-order valence-electron chi connectivity index (χ0n) is 15.5. The van der Waals surface area contributed by atoms with E-state index >= 15 is 0 Å². The molecule has 3 heteroatoms. The van der Waals surface area contributed by atoms with Crippen molar-refractivity contribution in [3.63, 3.8) is 0 Å². The molecule has 3 rings (SSSR count). The first-order valence-corrected chi connectivity index (χ1v) is 8.52. The van der Waals surface area contributed by atoms with E-state index < -0.39 is 0 Å². The van der Waals surface area contributed by atoms with Gasteiger partial charge in [0.25, 0.3) is 0 Å². The maximum absolute atomic E-state index is 11.1. The van der Waals surface area contributed by atoms with Gasteiger partial charge in [0.05, 0.1) is 7.11 Å². The van der Waals surface area contributed by atoms with E-state index in [-0.39, 0.29) is 5.97 Å². The summed E-state index contributed by atoms with van der Waals surface area (Å²) < 4.78 is 10.5. The molecule has 0 aromatic heterocycles. The lowest BCUT2D eigenvalue weighted by atomic mass is 9.98. The van der Waals surface area contributed by atoms with Crippen molar-refractivity contribution in [3.05, 3.63) is 71.8 Å². The SMILES string of the molecule is COc1ccc(-c2ccc(-c3ccc(OC(C)=O)c(C)c3)cc2)cc1C. The summed E-state index contributed by atoms with van der Waals surface area (Å²) in [4.78, 5) is 11.1. The number of benzene rings is 3. The van der Waals surface area contributed by atoms with Gasteiger partial charge in [-0.1, -0.05) is 36.4 Å². The Hall–Kier alpha value is -3.07. The van der Waals surface area contributed by atoms with Gasteiger partial charge in [0.15, 0.2) is 0 Å². The number of methoxy groups -OCH3 is 1. The van der Waals surface area contributed by atoms with Gasteiger partial charge in [-0.2, -0.15) is 0 Å². The van der Waals surface area contributed by atoms with Crippen LogP contribution in [-0.2, 0) is 4.79 Å². The van der Waals surface area contributed by atoms with Gasteiger partial charge in [-0.05, 0) is 71.5 Å². The molecule has 3 aromatic carbocycles. The highest BCUT2D eigenvalue weighted by Crippen LogP contribution is 2.30. The molecule has 0 spiro atoms. The Kier molecular flexibility index (Phi) is 5.08. The van der Waals surface area contributed by atoms with Gasteiger partial charge in [-0.15, -0.1) is 0 Å². The molecule has 132 valence electrons. The summed E-state index contributed by atoms with van der Waals surface area (Å²) in [7, 11) is 1.69. The van der Waals surface area contributed by atoms with Gasteiger partial charge in [-0.3, -0.25) is 4.79 Å². The fourth-order valence-electron chi connectivity index (χ4n) is 3.01. The maximum atomic E-state index is 11.1. The number of hydrogen-bond donors (Lipinski definition) is 0. The molecule has 26 heavy (non-hydrogen) atoms. The van der Waals surface area contributed by atoms with Crippen LogP contribution in [0.2, 0.25) is 0 Å². The second kappa shape index (κ2) is 7.44. The number of ether oxygens (including phenoxy) is 2. The van der Waals surface area contributed by atoms with Crippen LogP contribution in [0.15, 0.2) is 60.7 Å². The number of carbonyl (C=O) groups is 1. The lowest BCUT2D eigenvalue weighted by molar-refractivity contribution is -0.131. The maximum Gasteiger partial charge on any atom is 0.308 e. The molecule has 0 saturated heterocycles. The Balaban J connectivity index is 1.87. The molecular formula is C23H22O3. The van der Waals surface area contributed by atoms with Gasteiger partial charge in [-0.25, -0.2) is 0 Å². The minimum absolute atomic E-state index is 0.306. The van der Waals surface area contributed by atoms with E-state index in [0.717, 1.165) is 39.1 Å². The number of carbonyl (C=O) groups excluding carboxylic acids is 1. The van der Waals surface area contributed by atoms with Crippen molar-refractivity contribution in [2.75, 3.05) is 7.11 Å². The number of aryl methyl sites for hydroxylation is 2. The van der Waals surface area contributed by atoms with Crippen molar-refractivity contribution in [1.82, 2.24) is 0 Å².